The molecule has 53 heavy (non-hydrogen) atoms. The largest absolute Gasteiger partial charge is 2.00 e. The standard InChI is InChI=1S/C47H50N4O.Pt/c1-29-22-23-48-40(24-29)51-38-19-14-13-18-36(38)37-21-20-35(26-39(37)51)52-34-17-15-16-33(25-34)50-28-32(27-49-50)41-30(2)42(45(4,5)6)44(47(10,11)12)43(31(41)3)46(7,8)9;/h13-24,27-28H,1-12H3;/q-2;+2. The summed E-state index contributed by atoms with van der Waals surface area (Å²) < 4.78 is 10.5. The van der Waals surface area contributed by atoms with E-state index in [1.807, 2.05) is 47.4 Å². The van der Waals surface area contributed by atoms with Crippen LogP contribution in [0.1, 0.15) is 95.7 Å². The average molecular weight is 882 g/mol. The fraction of sp³-hybridized carbons (Fsp3) is 0.319. The van der Waals surface area contributed by atoms with Crippen LogP contribution >= 0.6 is 0 Å². The molecule has 0 bridgehead atoms. The summed E-state index contributed by atoms with van der Waals surface area (Å²) in [5.41, 5.74) is 13.2. The van der Waals surface area contributed by atoms with Crippen molar-refractivity contribution in [2.75, 3.05) is 0 Å². The van der Waals surface area contributed by atoms with E-state index in [0.29, 0.717) is 11.5 Å². The molecule has 0 spiro atoms. The van der Waals surface area contributed by atoms with Crippen LogP contribution < -0.4 is 4.74 Å². The van der Waals surface area contributed by atoms with Gasteiger partial charge in [-0.15, -0.1) is 35.7 Å². The van der Waals surface area contributed by atoms with Crippen molar-refractivity contribution >= 4 is 21.8 Å². The van der Waals surface area contributed by atoms with E-state index in [9.17, 15) is 0 Å². The van der Waals surface area contributed by atoms with Gasteiger partial charge in [-0.05, 0) is 105 Å². The Hall–Kier alpha value is -4.47. The summed E-state index contributed by atoms with van der Waals surface area (Å²) in [6.07, 6.45) is 5.97. The van der Waals surface area contributed by atoms with Gasteiger partial charge < -0.3 is 9.30 Å². The smallest absolute Gasteiger partial charge is 0.509 e. The van der Waals surface area contributed by atoms with Gasteiger partial charge in [-0.1, -0.05) is 86.0 Å². The summed E-state index contributed by atoms with van der Waals surface area (Å²) in [7, 11) is 0. The molecule has 0 aliphatic carbocycles. The quantitative estimate of drug-likeness (QED) is 0.162. The van der Waals surface area contributed by atoms with Gasteiger partial charge in [0.05, 0.1) is 6.20 Å². The molecule has 0 fully saturated rings. The number of fused-ring (bicyclic) bond motifs is 3. The van der Waals surface area contributed by atoms with Gasteiger partial charge in [-0.25, -0.2) is 4.98 Å². The van der Waals surface area contributed by atoms with Gasteiger partial charge in [0, 0.05) is 35.0 Å². The molecule has 0 amide bonds. The Balaban J connectivity index is 0.00000481. The third-order valence-electron chi connectivity index (χ3n) is 10.0. The molecular formula is C47H50N4OPt. The molecular weight excluding hydrogens is 832 g/mol. The molecule has 0 aliphatic heterocycles. The molecule has 0 atom stereocenters. The Bertz CT molecular complexity index is 2440. The first kappa shape index (κ1) is 38.3. The van der Waals surface area contributed by atoms with Crippen LogP contribution in [-0.4, -0.2) is 19.3 Å². The molecule has 3 aromatic heterocycles. The molecule has 274 valence electrons. The van der Waals surface area contributed by atoms with Crippen molar-refractivity contribution in [2.45, 2.75) is 99.3 Å². The predicted octanol–water partition coefficient (Wildman–Crippen LogP) is 12.2. The first-order chi connectivity index (χ1) is 24.4. The van der Waals surface area contributed by atoms with Crippen LogP contribution in [0.4, 0.5) is 0 Å². The summed E-state index contributed by atoms with van der Waals surface area (Å²) in [5, 5.41) is 7.12. The molecule has 0 radical (unpaired) electrons. The Kier molecular flexibility index (Phi) is 9.92. The van der Waals surface area contributed by atoms with Gasteiger partial charge in [-0.2, -0.15) is 17.2 Å². The average Bonchev–Trinajstić information content (AvgIpc) is 3.66. The molecule has 5 nitrogen and oxygen atoms in total. The summed E-state index contributed by atoms with van der Waals surface area (Å²) in [6, 6.07) is 29.5. The number of hydrogen-bond donors (Lipinski definition) is 0. The van der Waals surface area contributed by atoms with Crippen LogP contribution in [0.3, 0.4) is 0 Å². The molecule has 3 heterocycles. The Morgan fingerprint density at radius 2 is 1.30 bits per heavy atom. The minimum Gasteiger partial charge on any atom is -0.509 e. The zero-order valence-electron chi connectivity index (χ0n) is 33.1. The molecule has 0 unspecified atom stereocenters. The number of benzene rings is 4. The van der Waals surface area contributed by atoms with E-state index in [4.69, 9.17) is 14.8 Å². The fourth-order valence-corrected chi connectivity index (χ4v) is 8.23. The Morgan fingerprint density at radius 3 is 1.94 bits per heavy atom. The number of aromatic nitrogens is 4. The van der Waals surface area contributed by atoms with E-state index in [-0.39, 0.29) is 37.3 Å². The van der Waals surface area contributed by atoms with E-state index < -0.39 is 0 Å². The minimum absolute atomic E-state index is 0. The van der Waals surface area contributed by atoms with Crippen molar-refractivity contribution in [1.29, 1.82) is 0 Å². The maximum atomic E-state index is 6.45. The number of nitrogens with zero attached hydrogens (tertiary/aromatic N) is 4. The van der Waals surface area contributed by atoms with E-state index in [1.54, 1.807) is 0 Å². The third kappa shape index (κ3) is 7.01. The van der Waals surface area contributed by atoms with Crippen molar-refractivity contribution in [2.24, 2.45) is 0 Å². The monoisotopic (exact) mass is 881 g/mol. The van der Waals surface area contributed by atoms with Crippen molar-refractivity contribution in [3.05, 3.63) is 131 Å². The van der Waals surface area contributed by atoms with Gasteiger partial charge in [0.15, 0.2) is 0 Å². The second-order valence-corrected chi connectivity index (χ2v) is 17.3. The van der Waals surface area contributed by atoms with Gasteiger partial charge in [0.2, 0.25) is 0 Å². The van der Waals surface area contributed by atoms with Crippen LogP contribution in [0.25, 0.3) is 44.4 Å². The topological polar surface area (TPSA) is 44.9 Å². The summed E-state index contributed by atoms with van der Waals surface area (Å²) >= 11 is 0. The van der Waals surface area contributed by atoms with Crippen LogP contribution in [0.5, 0.6) is 11.5 Å². The van der Waals surface area contributed by atoms with Crippen LogP contribution in [0, 0.1) is 32.9 Å². The van der Waals surface area contributed by atoms with Gasteiger partial charge >= 0.3 is 21.1 Å². The summed E-state index contributed by atoms with van der Waals surface area (Å²) in [5.74, 6) is 2.05. The maximum absolute atomic E-state index is 6.45. The third-order valence-corrected chi connectivity index (χ3v) is 10.0. The van der Waals surface area contributed by atoms with Crippen molar-refractivity contribution in [3.8, 4) is 34.1 Å². The number of hydrogen-bond acceptors (Lipinski definition) is 3. The fourth-order valence-electron chi connectivity index (χ4n) is 8.23. The second kappa shape index (κ2) is 13.7. The van der Waals surface area contributed by atoms with Crippen LogP contribution in [0.15, 0.2) is 85.3 Å². The van der Waals surface area contributed by atoms with Gasteiger partial charge in [0.25, 0.3) is 0 Å². The molecule has 4 aromatic carbocycles. The molecule has 0 aliphatic rings. The predicted molar refractivity (Wildman–Crippen MR) is 216 cm³/mol. The first-order valence-electron chi connectivity index (χ1n) is 18.3. The van der Waals surface area contributed by atoms with Crippen LogP contribution in [-0.2, 0) is 37.3 Å². The number of ether oxygens (including phenoxy) is 1. The molecule has 0 N–H and O–H groups in total. The van der Waals surface area contributed by atoms with Crippen molar-refractivity contribution in [3.63, 3.8) is 0 Å². The Labute approximate surface area is 329 Å². The van der Waals surface area contributed by atoms with Gasteiger partial charge in [-0.3, -0.25) is 4.68 Å². The summed E-state index contributed by atoms with van der Waals surface area (Å²) in [4.78, 5) is 4.71. The van der Waals surface area contributed by atoms with Gasteiger partial charge in [0.1, 0.15) is 5.82 Å². The van der Waals surface area contributed by atoms with Crippen molar-refractivity contribution in [1.82, 2.24) is 19.3 Å². The van der Waals surface area contributed by atoms with E-state index in [1.165, 1.54) is 33.4 Å². The SMILES string of the molecule is Cc1ccnc(-n2c3[c-]c(Oc4[c-]c(-n5cc(-c6c(C)c(C(C)(C)C)c(C(C)(C)C)c(C(C)(C)C)c6C)cn5)ccc4)ccc3c3ccccc32)c1.[Pt+2]. The number of pyridine rings is 1. The number of rotatable bonds is 5. The maximum Gasteiger partial charge on any atom is 2.00 e. The molecule has 0 saturated carbocycles. The molecule has 6 heteroatoms. The minimum atomic E-state index is -0.0322. The van der Waals surface area contributed by atoms with E-state index in [2.05, 4.69) is 142 Å². The van der Waals surface area contributed by atoms with Crippen molar-refractivity contribution < 1.29 is 25.8 Å². The number of aryl methyl sites for hydroxylation is 1. The normalized spacial score (nSPS) is 12.4. The first-order valence-corrected chi connectivity index (χ1v) is 18.3. The second-order valence-electron chi connectivity index (χ2n) is 17.3. The summed E-state index contributed by atoms with van der Waals surface area (Å²) in [6.45, 7) is 27.8. The molecule has 0 saturated heterocycles. The zero-order chi connectivity index (χ0) is 37.3. The zero-order valence-corrected chi connectivity index (χ0v) is 35.4. The molecule has 7 aromatic rings. The molecule has 7 rings (SSSR count). The number of para-hydroxylation sites is 1. The van der Waals surface area contributed by atoms with Crippen LogP contribution in [0.2, 0.25) is 0 Å². The van der Waals surface area contributed by atoms with E-state index in [0.717, 1.165) is 44.4 Å². The van der Waals surface area contributed by atoms with E-state index >= 15 is 0 Å². The Morgan fingerprint density at radius 1 is 0.660 bits per heavy atom.